The van der Waals surface area contributed by atoms with Gasteiger partial charge in [0.05, 0.1) is 12.2 Å². The van der Waals surface area contributed by atoms with E-state index in [1.807, 2.05) is 30.3 Å². The van der Waals surface area contributed by atoms with Gasteiger partial charge in [0.25, 0.3) is 0 Å². The van der Waals surface area contributed by atoms with Crippen molar-refractivity contribution in [3.8, 4) is 0 Å². The number of guanidine groups is 1. The van der Waals surface area contributed by atoms with Crippen molar-refractivity contribution < 1.29 is 0 Å². The van der Waals surface area contributed by atoms with Crippen LogP contribution in [0.15, 0.2) is 41.5 Å². The predicted molar refractivity (Wildman–Crippen MR) is 92.5 cm³/mol. The molecular formula is C13H17ClIN5. The minimum atomic E-state index is 0. The molecule has 0 aliphatic carbocycles. The summed E-state index contributed by atoms with van der Waals surface area (Å²) in [5.74, 6) is 0.740. The van der Waals surface area contributed by atoms with E-state index in [0.717, 1.165) is 22.2 Å². The minimum absolute atomic E-state index is 0. The van der Waals surface area contributed by atoms with Crippen LogP contribution in [0.4, 0.5) is 0 Å². The molecule has 0 unspecified atom stereocenters. The van der Waals surface area contributed by atoms with E-state index in [2.05, 4.69) is 25.8 Å². The molecule has 108 valence electrons. The molecule has 0 saturated heterocycles. The fraction of sp³-hybridized carbons (Fsp3) is 0.231. The average Bonchev–Trinajstić information content (AvgIpc) is 2.94. The van der Waals surface area contributed by atoms with E-state index in [4.69, 9.17) is 11.6 Å². The normalized spacial score (nSPS) is 10.8. The van der Waals surface area contributed by atoms with E-state index >= 15 is 0 Å². The van der Waals surface area contributed by atoms with E-state index in [0.29, 0.717) is 13.1 Å². The third-order valence-electron chi connectivity index (χ3n) is 2.60. The van der Waals surface area contributed by atoms with Crippen LogP contribution in [0, 0.1) is 0 Å². The molecule has 5 nitrogen and oxygen atoms in total. The lowest BCUT2D eigenvalue weighted by Gasteiger charge is -2.11. The number of aromatic nitrogens is 2. The topological polar surface area (TPSA) is 65.1 Å². The van der Waals surface area contributed by atoms with Gasteiger partial charge in [0.15, 0.2) is 5.96 Å². The highest BCUT2D eigenvalue weighted by atomic mass is 127. The number of halogens is 2. The molecule has 7 heteroatoms. The summed E-state index contributed by atoms with van der Waals surface area (Å²) < 4.78 is 0. The van der Waals surface area contributed by atoms with Gasteiger partial charge >= 0.3 is 0 Å². The molecule has 0 aliphatic rings. The highest BCUT2D eigenvalue weighted by Crippen LogP contribution is 2.08. The Labute approximate surface area is 140 Å². The molecule has 0 atom stereocenters. The van der Waals surface area contributed by atoms with Crippen molar-refractivity contribution in [1.82, 2.24) is 20.8 Å². The van der Waals surface area contributed by atoms with Crippen molar-refractivity contribution in [2.75, 3.05) is 7.05 Å². The molecule has 0 saturated carbocycles. The molecule has 2 aromatic rings. The van der Waals surface area contributed by atoms with Crippen LogP contribution >= 0.6 is 35.6 Å². The van der Waals surface area contributed by atoms with E-state index in [1.54, 1.807) is 13.2 Å². The largest absolute Gasteiger partial charge is 0.352 e. The third kappa shape index (κ3) is 5.38. The van der Waals surface area contributed by atoms with Crippen LogP contribution in [0.25, 0.3) is 0 Å². The zero-order chi connectivity index (χ0) is 13.5. The summed E-state index contributed by atoms with van der Waals surface area (Å²) in [6.07, 6.45) is 1.72. The van der Waals surface area contributed by atoms with Gasteiger partial charge in [-0.25, -0.2) is 0 Å². The first-order valence-electron chi connectivity index (χ1n) is 5.95. The average molecular weight is 406 g/mol. The van der Waals surface area contributed by atoms with Gasteiger partial charge in [0, 0.05) is 24.8 Å². The second-order valence-corrected chi connectivity index (χ2v) is 4.42. The first kappa shape index (κ1) is 16.8. The molecule has 0 radical (unpaired) electrons. The minimum Gasteiger partial charge on any atom is -0.352 e. The summed E-state index contributed by atoms with van der Waals surface area (Å²) in [6.45, 7) is 1.35. The third-order valence-corrected chi connectivity index (χ3v) is 2.85. The van der Waals surface area contributed by atoms with Crippen molar-refractivity contribution in [3.05, 3.63) is 52.8 Å². The number of benzene rings is 1. The quantitative estimate of drug-likeness (QED) is 0.416. The van der Waals surface area contributed by atoms with Crippen LogP contribution < -0.4 is 10.6 Å². The first-order valence-corrected chi connectivity index (χ1v) is 6.33. The zero-order valence-corrected chi connectivity index (χ0v) is 14.1. The molecule has 3 N–H and O–H groups in total. The lowest BCUT2D eigenvalue weighted by molar-refractivity contribution is 0.790. The molecule has 1 heterocycles. The number of aliphatic imine (C=N–C) groups is 1. The summed E-state index contributed by atoms with van der Waals surface area (Å²) in [5, 5.41) is 13.9. The van der Waals surface area contributed by atoms with Crippen LogP contribution in [0.2, 0.25) is 5.02 Å². The highest BCUT2D eigenvalue weighted by molar-refractivity contribution is 14.0. The molecule has 0 spiro atoms. The number of rotatable bonds is 4. The monoisotopic (exact) mass is 405 g/mol. The standard InChI is InChI=1S/C13H16ClN5.HI/c1-15-13(17-9-12-6-7-18-19-12)16-8-10-2-4-11(14)5-3-10;/h2-7H,8-9H2,1H3,(H,18,19)(H2,15,16,17);1H. The van der Waals surface area contributed by atoms with Crippen molar-refractivity contribution >= 4 is 41.5 Å². The maximum atomic E-state index is 5.84. The lowest BCUT2D eigenvalue weighted by atomic mass is 10.2. The number of hydrogen-bond acceptors (Lipinski definition) is 2. The van der Waals surface area contributed by atoms with Crippen LogP contribution in [-0.2, 0) is 13.1 Å². The van der Waals surface area contributed by atoms with Gasteiger partial charge in [-0.2, -0.15) is 5.10 Å². The Morgan fingerprint density at radius 3 is 2.50 bits per heavy atom. The Morgan fingerprint density at radius 2 is 1.90 bits per heavy atom. The van der Waals surface area contributed by atoms with Crippen molar-refractivity contribution in [3.63, 3.8) is 0 Å². The van der Waals surface area contributed by atoms with E-state index in [1.165, 1.54) is 0 Å². The fourth-order valence-corrected chi connectivity index (χ4v) is 1.70. The second kappa shape index (κ2) is 8.80. The van der Waals surface area contributed by atoms with Crippen molar-refractivity contribution in [2.45, 2.75) is 13.1 Å². The van der Waals surface area contributed by atoms with Gasteiger partial charge in [-0.1, -0.05) is 23.7 Å². The lowest BCUT2D eigenvalue weighted by Crippen LogP contribution is -2.36. The number of nitrogens with one attached hydrogen (secondary N) is 3. The molecule has 20 heavy (non-hydrogen) atoms. The van der Waals surface area contributed by atoms with Gasteiger partial charge < -0.3 is 10.6 Å². The van der Waals surface area contributed by atoms with Crippen LogP contribution in [0.5, 0.6) is 0 Å². The summed E-state index contributed by atoms with van der Waals surface area (Å²) in [6, 6.07) is 9.63. The predicted octanol–water partition coefficient (Wildman–Crippen LogP) is 2.55. The molecule has 0 bridgehead atoms. The smallest absolute Gasteiger partial charge is 0.191 e. The Balaban J connectivity index is 0.00000200. The Kier molecular flexibility index (Phi) is 7.38. The van der Waals surface area contributed by atoms with Gasteiger partial charge in [-0.3, -0.25) is 10.1 Å². The molecular weight excluding hydrogens is 389 g/mol. The Morgan fingerprint density at radius 1 is 1.20 bits per heavy atom. The summed E-state index contributed by atoms with van der Waals surface area (Å²) in [5.41, 5.74) is 2.16. The van der Waals surface area contributed by atoms with E-state index in [9.17, 15) is 0 Å². The van der Waals surface area contributed by atoms with Gasteiger partial charge in [0.1, 0.15) is 0 Å². The van der Waals surface area contributed by atoms with E-state index < -0.39 is 0 Å². The number of H-pyrrole nitrogens is 1. The number of nitrogens with zero attached hydrogens (tertiary/aromatic N) is 2. The Bertz CT molecular complexity index is 524. The maximum absolute atomic E-state index is 5.84. The molecule has 0 amide bonds. The van der Waals surface area contributed by atoms with Crippen molar-refractivity contribution in [2.24, 2.45) is 4.99 Å². The van der Waals surface area contributed by atoms with Gasteiger partial charge in [0.2, 0.25) is 0 Å². The first-order chi connectivity index (χ1) is 9.28. The zero-order valence-electron chi connectivity index (χ0n) is 11.1. The molecule has 0 fully saturated rings. The molecule has 1 aromatic carbocycles. The van der Waals surface area contributed by atoms with E-state index in [-0.39, 0.29) is 24.0 Å². The molecule has 0 aliphatic heterocycles. The van der Waals surface area contributed by atoms with Crippen molar-refractivity contribution in [1.29, 1.82) is 0 Å². The summed E-state index contributed by atoms with van der Waals surface area (Å²) in [7, 11) is 1.74. The van der Waals surface area contributed by atoms with Crippen LogP contribution in [0.1, 0.15) is 11.3 Å². The maximum Gasteiger partial charge on any atom is 0.191 e. The number of aromatic amines is 1. The SMILES string of the molecule is CN=C(NCc1ccc(Cl)cc1)NCc1ccn[nH]1.I. The highest BCUT2D eigenvalue weighted by Gasteiger charge is 1.99. The van der Waals surface area contributed by atoms with Gasteiger partial charge in [-0.15, -0.1) is 24.0 Å². The summed E-state index contributed by atoms with van der Waals surface area (Å²) >= 11 is 5.84. The molecule has 1 aromatic heterocycles. The summed E-state index contributed by atoms with van der Waals surface area (Å²) in [4.78, 5) is 4.15. The number of hydrogen-bond donors (Lipinski definition) is 3. The van der Waals surface area contributed by atoms with Gasteiger partial charge in [-0.05, 0) is 23.8 Å². The van der Waals surface area contributed by atoms with Crippen LogP contribution in [0.3, 0.4) is 0 Å². The van der Waals surface area contributed by atoms with Crippen LogP contribution in [-0.4, -0.2) is 23.2 Å². The molecule has 2 rings (SSSR count). The Hall–Kier alpha value is -1.28. The fourth-order valence-electron chi connectivity index (χ4n) is 1.57. The second-order valence-electron chi connectivity index (χ2n) is 3.99.